The minimum Gasteiger partial charge on any atom is -0.377 e. The number of hydrogen-bond donors (Lipinski definition) is 1. The van der Waals surface area contributed by atoms with Gasteiger partial charge in [0.2, 0.25) is 0 Å². The van der Waals surface area contributed by atoms with Crippen molar-refractivity contribution in [3.05, 3.63) is 70.4 Å². The summed E-state index contributed by atoms with van der Waals surface area (Å²) in [6, 6.07) is 9.57. The molecule has 152 valence electrons. The molecular formula is C21H19ClF2N2O3. The van der Waals surface area contributed by atoms with Crippen molar-refractivity contribution >= 4 is 34.7 Å². The molecule has 29 heavy (non-hydrogen) atoms. The van der Waals surface area contributed by atoms with Gasteiger partial charge >= 0.3 is 0 Å². The minimum absolute atomic E-state index is 0.0205. The Balaban J connectivity index is 1.97. The Labute approximate surface area is 171 Å². The molecule has 8 heteroatoms. The van der Waals surface area contributed by atoms with Crippen LogP contribution in [-0.4, -0.2) is 36.0 Å². The van der Waals surface area contributed by atoms with Crippen molar-refractivity contribution in [2.24, 2.45) is 0 Å². The maximum atomic E-state index is 13.6. The molecule has 0 aromatic heterocycles. The SMILES string of the molecule is CC(C)OCCN1C(=O)C(Nc2ccc(F)c(F)c2)=C(c2ccc(Cl)cc2)C1=O. The van der Waals surface area contributed by atoms with Gasteiger partial charge in [0.25, 0.3) is 11.8 Å². The van der Waals surface area contributed by atoms with Crippen LogP contribution in [0, 0.1) is 11.6 Å². The normalized spacial score (nSPS) is 14.3. The molecule has 1 heterocycles. The Hall–Kier alpha value is -2.77. The first kappa shape index (κ1) is 21.0. The number of hydrogen-bond acceptors (Lipinski definition) is 4. The fraction of sp³-hybridized carbons (Fsp3) is 0.238. The summed E-state index contributed by atoms with van der Waals surface area (Å²) < 4.78 is 32.3. The van der Waals surface area contributed by atoms with E-state index in [0.29, 0.717) is 10.6 Å². The van der Waals surface area contributed by atoms with Crippen molar-refractivity contribution < 1.29 is 23.1 Å². The summed E-state index contributed by atoms with van der Waals surface area (Å²) in [4.78, 5) is 27.0. The van der Waals surface area contributed by atoms with Crippen molar-refractivity contribution in [3.63, 3.8) is 0 Å². The van der Waals surface area contributed by atoms with Gasteiger partial charge in [-0.3, -0.25) is 14.5 Å². The van der Waals surface area contributed by atoms with E-state index in [1.54, 1.807) is 24.3 Å². The van der Waals surface area contributed by atoms with Gasteiger partial charge in [0.05, 0.1) is 24.8 Å². The molecule has 0 saturated heterocycles. The van der Waals surface area contributed by atoms with E-state index in [2.05, 4.69) is 5.32 Å². The first-order chi connectivity index (χ1) is 13.8. The monoisotopic (exact) mass is 420 g/mol. The van der Waals surface area contributed by atoms with Crippen LogP contribution in [0.25, 0.3) is 5.57 Å². The summed E-state index contributed by atoms with van der Waals surface area (Å²) >= 11 is 5.92. The van der Waals surface area contributed by atoms with Crippen LogP contribution in [0.1, 0.15) is 19.4 Å². The number of amides is 2. The van der Waals surface area contributed by atoms with Crippen molar-refractivity contribution in [2.45, 2.75) is 20.0 Å². The van der Waals surface area contributed by atoms with Crippen LogP contribution in [-0.2, 0) is 14.3 Å². The highest BCUT2D eigenvalue weighted by molar-refractivity contribution is 6.36. The van der Waals surface area contributed by atoms with Crippen molar-refractivity contribution in [1.29, 1.82) is 0 Å². The van der Waals surface area contributed by atoms with Crippen LogP contribution in [0.4, 0.5) is 14.5 Å². The molecule has 2 amide bonds. The summed E-state index contributed by atoms with van der Waals surface area (Å²) in [7, 11) is 0. The highest BCUT2D eigenvalue weighted by Gasteiger charge is 2.39. The molecule has 3 rings (SSSR count). The molecule has 1 N–H and O–H groups in total. The van der Waals surface area contributed by atoms with E-state index in [-0.39, 0.29) is 36.2 Å². The van der Waals surface area contributed by atoms with Gasteiger partial charge in [-0.1, -0.05) is 23.7 Å². The van der Waals surface area contributed by atoms with Crippen LogP contribution >= 0.6 is 11.6 Å². The second-order valence-corrected chi connectivity index (χ2v) is 7.13. The van der Waals surface area contributed by atoms with Gasteiger partial charge in [0, 0.05) is 16.8 Å². The molecule has 0 spiro atoms. The van der Waals surface area contributed by atoms with Gasteiger partial charge in [0.15, 0.2) is 11.6 Å². The van der Waals surface area contributed by atoms with Crippen LogP contribution in [0.15, 0.2) is 48.2 Å². The smallest absolute Gasteiger partial charge is 0.278 e. The molecule has 2 aromatic rings. The number of halogens is 3. The number of imide groups is 1. The molecule has 0 atom stereocenters. The Bertz CT molecular complexity index is 974. The van der Waals surface area contributed by atoms with Crippen molar-refractivity contribution in [1.82, 2.24) is 4.90 Å². The third-order valence-corrected chi connectivity index (χ3v) is 4.51. The van der Waals surface area contributed by atoms with E-state index < -0.39 is 23.4 Å². The molecule has 0 radical (unpaired) electrons. The third kappa shape index (κ3) is 4.63. The van der Waals surface area contributed by atoms with Crippen LogP contribution in [0.2, 0.25) is 5.02 Å². The third-order valence-electron chi connectivity index (χ3n) is 4.26. The minimum atomic E-state index is -1.07. The molecule has 2 aromatic carbocycles. The Morgan fingerprint density at radius 1 is 1.03 bits per heavy atom. The van der Waals surface area contributed by atoms with E-state index in [9.17, 15) is 18.4 Å². The van der Waals surface area contributed by atoms with Gasteiger partial charge in [-0.15, -0.1) is 0 Å². The number of ether oxygens (including phenoxy) is 1. The van der Waals surface area contributed by atoms with Crippen molar-refractivity contribution in [3.8, 4) is 0 Å². The average Bonchev–Trinajstić information content (AvgIpc) is 2.89. The number of nitrogens with one attached hydrogen (secondary N) is 1. The zero-order valence-corrected chi connectivity index (χ0v) is 16.6. The molecular weight excluding hydrogens is 402 g/mol. The standard InChI is InChI=1S/C21H19ClF2N2O3/c1-12(2)29-10-9-26-20(27)18(13-3-5-14(22)6-4-13)19(21(26)28)25-15-7-8-16(23)17(24)11-15/h3-8,11-12,25H,9-10H2,1-2H3. The Kier molecular flexibility index (Phi) is 6.30. The maximum Gasteiger partial charge on any atom is 0.278 e. The molecule has 5 nitrogen and oxygen atoms in total. The zero-order valence-electron chi connectivity index (χ0n) is 15.8. The number of nitrogens with zero attached hydrogens (tertiary/aromatic N) is 1. The quantitative estimate of drug-likeness (QED) is 0.681. The number of carbonyl (C=O) groups is 2. The summed E-state index contributed by atoms with van der Waals surface area (Å²) in [6.45, 7) is 3.94. The fourth-order valence-electron chi connectivity index (χ4n) is 2.88. The fourth-order valence-corrected chi connectivity index (χ4v) is 3.00. The second kappa shape index (κ2) is 8.71. The summed E-state index contributed by atoms with van der Waals surface area (Å²) in [5, 5.41) is 3.24. The highest BCUT2D eigenvalue weighted by Crippen LogP contribution is 2.31. The topological polar surface area (TPSA) is 58.6 Å². The van der Waals surface area contributed by atoms with E-state index >= 15 is 0 Å². The number of anilines is 1. The average molecular weight is 421 g/mol. The Morgan fingerprint density at radius 2 is 1.72 bits per heavy atom. The van der Waals surface area contributed by atoms with Gasteiger partial charge in [-0.2, -0.15) is 0 Å². The van der Waals surface area contributed by atoms with Gasteiger partial charge in [0.1, 0.15) is 5.70 Å². The molecule has 0 bridgehead atoms. The summed E-state index contributed by atoms with van der Waals surface area (Å²) in [6.07, 6.45) is -0.0497. The lowest BCUT2D eigenvalue weighted by molar-refractivity contribution is -0.137. The van der Waals surface area contributed by atoms with Gasteiger partial charge < -0.3 is 10.1 Å². The van der Waals surface area contributed by atoms with E-state index in [0.717, 1.165) is 17.0 Å². The summed E-state index contributed by atoms with van der Waals surface area (Å²) in [5.41, 5.74) is 0.728. The van der Waals surface area contributed by atoms with Crippen molar-refractivity contribution in [2.75, 3.05) is 18.5 Å². The molecule has 0 saturated carbocycles. The number of rotatable bonds is 7. The highest BCUT2D eigenvalue weighted by atomic mass is 35.5. The largest absolute Gasteiger partial charge is 0.377 e. The lowest BCUT2D eigenvalue weighted by Gasteiger charge is -2.16. The van der Waals surface area contributed by atoms with Crippen LogP contribution in [0.5, 0.6) is 0 Å². The molecule has 0 aliphatic carbocycles. The number of benzene rings is 2. The predicted molar refractivity (Wildman–Crippen MR) is 106 cm³/mol. The lowest BCUT2D eigenvalue weighted by Crippen LogP contribution is -2.35. The van der Waals surface area contributed by atoms with Crippen LogP contribution in [0.3, 0.4) is 0 Å². The van der Waals surface area contributed by atoms with Gasteiger partial charge in [-0.25, -0.2) is 8.78 Å². The second-order valence-electron chi connectivity index (χ2n) is 6.69. The van der Waals surface area contributed by atoms with Gasteiger partial charge in [-0.05, 0) is 43.7 Å². The first-order valence-corrected chi connectivity index (χ1v) is 9.36. The van der Waals surface area contributed by atoms with E-state index in [1.807, 2.05) is 13.8 Å². The van der Waals surface area contributed by atoms with E-state index in [4.69, 9.17) is 16.3 Å². The molecule has 0 fully saturated rings. The Morgan fingerprint density at radius 3 is 2.34 bits per heavy atom. The van der Waals surface area contributed by atoms with Crippen LogP contribution < -0.4 is 5.32 Å². The number of carbonyl (C=O) groups excluding carboxylic acids is 2. The molecule has 1 aliphatic heterocycles. The predicted octanol–water partition coefficient (Wildman–Crippen LogP) is 4.24. The molecule has 1 aliphatic rings. The lowest BCUT2D eigenvalue weighted by atomic mass is 10.0. The summed E-state index contributed by atoms with van der Waals surface area (Å²) in [5.74, 6) is -3.15. The maximum absolute atomic E-state index is 13.6. The van der Waals surface area contributed by atoms with E-state index in [1.165, 1.54) is 6.07 Å². The molecule has 0 unspecified atom stereocenters. The zero-order chi connectivity index (χ0) is 21.1. The first-order valence-electron chi connectivity index (χ1n) is 8.98.